The van der Waals surface area contributed by atoms with Crippen LogP contribution in [0.15, 0.2) is 24.8 Å². The van der Waals surface area contributed by atoms with Crippen LogP contribution in [0.3, 0.4) is 0 Å². The molecule has 0 atom stereocenters. The van der Waals surface area contributed by atoms with Crippen LogP contribution in [-0.4, -0.2) is 6.61 Å². The van der Waals surface area contributed by atoms with Gasteiger partial charge in [-0.05, 0) is 43.4 Å². The average Bonchev–Trinajstić information content (AvgIpc) is 3.01. The number of ether oxygens (including phenoxy) is 1. The fourth-order valence-electron chi connectivity index (χ4n) is 1.77. The van der Waals surface area contributed by atoms with Gasteiger partial charge in [0.1, 0.15) is 5.75 Å². The van der Waals surface area contributed by atoms with Crippen molar-refractivity contribution >= 4 is 0 Å². The summed E-state index contributed by atoms with van der Waals surface area (Å²) in [7, 11) is 0. The van der Waals surface area contributed by atoms with Crippen LogP contribution in [0.5, 0.6) is 5.75 Å². The highest BCUT2D eigenvalue weighted by atomic mass is 16.5. The summed E-state index contributed by atoms with van der Waals surface area (Å²) < 4.78 is 5.61. The minimum absolute atomic E-state index is 0.682. The van der Waals surface area contributed by atoms with Crippen LogP contribution >= 0.6 is 0 Å². The normalized spacial score (nSPS) is 15.2. The minimum Gasteiger partial charge on any atom is -0.494 e. The van der Waals surface area contributed by atoms with Gasteiger partial charge in [-0.15, -0.1) is 0 Å². The van der Waals surface area contributed by atoms with Crippen LogP contribution in [0.25, 0.3) is 0 Å². The molecule has 1 aliphatic carbocycles. The van der Waals surface area contributed by atoms with Gasteiger partial charge in [0.2, 0.25) is 0 Å². The van der Waals surface area contributed by atoms with E-state index < -0.39 is 0 Å². The van der Waals surface area contributed by atoms with Crippen LogP contribution in [-0.2, 0) is 0 Å². The maximum absolute atomic E-state index is 5.61. The van der Waals surface area contributed by atoms with Gasteiger partial charge >= 0.3 is 0 Å². The van der Waals surface area contributed by atoms with Gasteiger partial charge in [-0.25, -0.2) is 0 Å². The topological polar surface area (TPSA) is 9.23 Å². The first-order chi connectivity index (χ1) is 6.86. The molecule has 2 rings (SSSR count). The molecule has 1 aromatic rings. The Labute approximate surface area is 85.4 Å². The first-order valence-corrected chi connectivity index (χ1v) is 5.15. The molecule has 1 fully saturated rings. The average molecular weight is 187 g/mol. The molecule has 0 aromatic heterocycles. The molecule has 1 radical (unpaired) electrons. The van der Waals surface area contributed by atoms with Gasteiger partial charge in [0.15, 0.2) is 0 Å². The Balaban J connectivity index is 2.41. The molecular formula is C13H15O. The first kappa shape index (κ1) is 9.32. The zero-order valence-electron chi connectivity index (χ0n) is 8.55. The summed E-state index contributed by atoms with van der Waals surface area (Å²) in [5.74, 6) is 1.70. The smallest absolute Gasteiger partial charge is 0.123 e. The molecular weight excluding hydrogens is 172 g/mol. The first-order valence-electron chi connectivity index (χ1n) is 5.15. The predicted octanol–water partition coefficient (Wildman–Crippen LogP) is 3.30. The maximum atomic E-state index is 5.61. The highest BCUT2D eigenvalue weighted by Gasteiger charge is 2.28. The van der Waals surface area contributed by atoms with Crippen molar-refractivity contribution in [1.82, 2.24) is 0 Å². The van der Waals surface area contributed by atoms with E-state index in [1.54, 1.807) is 0 Å². The molecule has 73 valence electrons. The molecule has 0 bridgehead atoms. The summed E-state index contributed by atoms with van der Waals surface area (Å²) >= 11 is 0. The highest BCUT2D eigenvalue weighted by molar-refractivity contribution is 5.47. The Kier molecular flexibility index (Phi) is 2.58. The second-order valence-corrected chi connectivity index (χ2v) is 3.60. The van der Waals surface area contributed by atoms with E-state index in [0.717, 1.165) is 17.9 Å². The lowest BCUT2D eigenvalue weighted by atomic mass is 10.0. The van der Waals surface area contributed by atoms with E-state index in [1.165, 1.54) is 18.4 Å². The standard InChI is InChI=1S/C13H15O/c1-3-10-6-5-7-12(14-4-2)13(10)11-8-9-11/h5-7,11H,1,4,8-9H2,2H3. The van der Waals surface area contributed by atoms with Crippen LogP contribution < -0.4 is 4.74 Å². The molecule has 0 N–H and O–H groups in total. The third-order valence-electron chi connectivity index (χ3n) is 2.54. The van der Waals surface area contributed by atoms with Crippen LogP contribution in [0.1, 0.15) is 36.8 Å². The van der Waals surface area contributed by atoms with Crippen molar-refractivity contribution in [2.45, 2.75) is 25.7 Å². The Morgan fingerprint density at radius 1 is 1.50 bits per heavy atom. The summed E-state index contributed by atoms with van der Waals surface area (Å²) in [6, 6.07) is 6.10. The van der Waals surface area contributed by atoms with E-state index in [1.807, 2.05) is 19.1 Å². The van der Waals surface area contributed by atoms with Gasteiger partial charge in [0.25, 0.3) is 0 Å². The fourth-order valence-corrected chi connectivity index (χ4v) is 1.77. The third-order valence-corrected chi connectivity index (χ3v) is 2.54. The van der Waals surface area contributed by atoms with Crippen molar-refractivity contribution in [2.75, 3.05) is 6.61 Å². The van der Waals surface area contributed by atoms with Gasteiger partial charge < -0.3 is 4.74 Å². The Hall–Kier alpha value is -1.24. The predicted molar refractivity (Wildman–Crippen MR) is 57.6 cm³/mol. The zero-order valence-corrected chi connectivity index (χ0v) is 8.55. The Morgan fingerprint density at radius 3 is 2.86 bits per heavy atom. The third kappa shape index (κ3) is 1.67. The number of rotatable bonds is 4. The number of benzene rings is 1. The van der Waals surface area contributed by atoms with Crippen molar-refractivity contribution < 1.29 is 4.74 Å². The minimum atomic E-state index is 0.682. The lowest BCUT2D eigenvalue weighted by Gasteiger charge is -2.11. The molecule has 1 saturated carbocycles. The molecule has 0 spiro atoms. The van der Waals surface area contributed by atoms with Crippen LogP contribution in [0.4, 0.5) is 0 Å². The highest BCUT2D eigenvalue weighted by Crippen LogP contribution is 2.46. The summed E-state index contributed by atoms with van der Waals surface area (Å²) in [6.07, 6.45) is 5.54. The van der Waals surface area contributed by atoms with E-state index in [0.29, 0.717) is 5.92 Å². The maximum Gasteiger partial charge on any atom is 0.123 e. The lowest BCUT2D eigenvalue weighted by molar-refractivity contribution is 0.336. The SMILES string of the molecule is C=[C]c1cccc(OCC)c1C1CC1. The van der Waals surface area contributed by atoms with E-state index in [9.17, 15) is 0 Å². The van der Waals surface area contributed by atoms with Crippen molar-refractivity contribution in [3.05, 3.63) is 42.0 Å². The van der Waals surface area contributed by atoms with Crippen molar-refractivity contribution in [3.8, 4) is 5.75 Å². The molecule has 0 unspecified atom stereocenters. The molecule has 0 heterocycles. The van der Waals surface area contributed by atoms with Crippen molar-refractivity contribution in [3.63, 3.8) is 0 Å². The van der Waals surface area contributed by atoms with Gasteiger partial charge in [0, 0.05) is 5.56 Å². The summed E-state index contributed by atoms with van der Waals surface area (Å²) in [6.45, 7) is 6.46. The molecule has 0 aliphatic heterocycles. The molecule has 1 aliphatic rings. The second-order valence-electron chi connectivity index (χ2n) is 3.60. The van der Waals surface area contributed by atoms with Gasteiger partial charge in [-0.3, -0.25) is 0 Å². The Bertz CT molecular complexity index is 337. The Morgan fingerprint density at radius 2 is 2.29 bits per heavy atom. The molecule has 0 saturated heterocycles. The fraction of sp³-hybridized carbons (Fsp3) is 0.385. The molecule has 14 heavy (non-hydrogen) atoms. The lowest BCUT2D eigenvalue weighted by Crippen LogP contribution is -1.97. The monoisotopic (exact) mass is 187 g/mol. The van der Waals surface area contributed by atoms with E-state index in [-0.39, 0.29) is 0 Å². The van der Waals surface area contributed by atoms with Gasteiger partial charge in [-0.2, -0.15) is 0 Å². The number of hydrogen-bond donors (Lipinski definition) is 0. The van der Waals surface area contributed by atoms with Crippen molar-refractivity contribution in [2.24, 2.45) is 0 Å². The van der Waals surface area contributed by atoms with Gasteiger partial charge in [-0.1, -0.05) is 18.7 Å². The summed E-state index contributed by atoms with van der Waals surface area (Å²) in [4.78, 5) is 0. The number of hydrogen-bond acceptors (Lipinski definition) is 1. The van der Waals surface area contributed by atoms with Crippen LogP contribution in [0.2, 0.25) is 0 Å². The second kappa shape index (κ2) is 3.87. The van der Waals surface area contributed by atoms with E-state index in [4.69, 9.17) is 4.74 Å². The zero-order chi connectivity index (χ0) is 9.97. The summed E-state index contributed by atoms with van der Waals surface area (Å²) in [5.41, 5.74) is 2.42. The van der Waals surface area contributed by atoms with Gasteiger partial charge in [0.05, 0.1) is 6.61 Å². The van der Waals surface area contributed by atoms with E-state index in [2.05, 4.69) is 18.7 Å². The van der Waals surface area contributed by atoms with Crippen LogP contribution in [0, 0.1) is 6.08 Å². The molecule has 1 aromatic carbocycles. The largest absolute Gasteiger partial charge is 0.494 e. The van der Waals surface area contributed by atoms with E-state index >= 15 is 0 Å². The molecule has 1 heteroatoms. The quantitative estimate of drug-likeness (QED) is 0.702. The summed E-state index contributed by atoms with van der Waals surface area (Å²) in [5, 5.41) is 0. The van der Waals surface area contributed by atoms with Crippen molar-refractivity contribution in [1.29, 1.82) is 0 Å². The molecule has 1 nitrogen and oxygen atoms in total. The molecule has 0 amide bonds.